The summed E-state index contributed by atoms with van der Waals surface area (Å²) in [5, 5.41) is 2.28. The van der Waals surface area contributed by atoms with Crippen LogP contribution in [-0.2, 0) is 21.3 Å². The maximum absolute atomic E-state index is 11.7. The fourth-order valence-corrected chi connectivity index (χ4v) is 3.40. The normalized spacial score (nSPS) is 12.0. The van der Waals surface area contributed by atoms with Gasteiger partial charge in [-0.3, -0.25) is 9.00 Å². The molecule has 0 fully saturated rings. The Morgan fingerprint density at radius 1 is 0.917 bits per heavy atom. The average molecular weight is 339 g/mol. The minimum absolute atomic E-state index is 0.116. The molecule has 0 heterocycles. The van der Waals surface area contributed by atoms with Crippen LogP contribution in [0.5, 0.6) is 11.5 Å². The monoisotopic (exact) mass is 339 g/mol. The Bertz CT molecular complexity index is 891. The van der Waals surface area contributed by atoms with Crippen LogP contribution in [0.25, 0.3) is 10.8 Å². The molecule has 3 aromatic rings. The first-order chi connectivity index (χ1) is 11.6. The molecule has 0 aliphatic heterocycles. The number of carbonyl (C=O) groups is 1. The molecule has 0 radical (unpaired) electrons. The van der Waals surface area contributed by atoms with E-state index >= 15 is 0 Å². The van der Waals surface area contributed by atoms with E-state index in [0.717, 1.165) is 22.1 Å². The molecule has 2 N–H and O–H groups in total. The van der Waals surface area contributed by atoms with Gasteiger partial charge in [-0.2, -0.15) is 0 Å². The molecule has 1 unspecified atom stereocenters. The van der Waals surface area contributed by atoms with Crippen LogP contribution >= 0.6 is 0 Å². The van der Waals surface area contributed by atoms with Crippen molar-refractivity contribution < 1.29 is 13.7 Å². The van der Waals surface area contributed by atoms with Crippen molar-refractivity contribution in [1.82, 2.24) is 0 Å². The number of hydrogen-bond donors (Lipinski definition) is 1. The highest BCUT2D eigenvalue weighted by Gasteiger charge is 2.06. The van der Waals surface area contributed by atoms with Crippen LogP contribution in [0.2, 0.25) is 0 Å². The van der Waals surface area contributed by atoms with Crippen LogP contribution in [0.1, 0.15) is 5.56 Å². The molecule has 1 atom stereocenters. The van der Waals surface area contributed by atoms with Gasteiger partial charge in [-0.1, -0.05) is 42.5 Å². The summed E-state index contributed by atoms with van der Waals surface area (Å²) >= 11 is 0. The second kappa shape index (κ2) is 7.27. The van der Waals surface area contributed by atoms with Crippen LogP contribution < -0.4 is 10.5 Å². The van der Waals surface area contributed by atoms with Crippen LogP contribution in [0.3, 0.4) is 0 Å². The number of nitrogens with two attached hydrogens (primary N) is 1. The number of amides is 1. The molecular formula is C19H17NO3S. The number of fused-ring (bicyclic) bond motifs is 1. The van der Waals surface area contributed by atoms with Crippen molar-refractivity contribution in [2.45, 2.75) is 5.75 Å². The molecule has 0 aliphatic rings. The lowest BCUT2D eigenvalue weighted by atomic mass is 10.1. The first-order valence-electron chi connectivity index (χ1n) is 7.49. The molecule has 0 saturated carbocycles. The van der Waals surface area contributed by atoms with Crippen molar-refractivity contribution >= 4 is 27.5 Å². The minimum atomic E-state index is -1.28. The van der Waals surface area contributed by atoms with Crippen molar-refractivity contribution in [3.8, 4) is 11.5 Å². The molecule has 0 spiro atoms. The van der Waals surface area contributed by atoms with Gasteiger partial charge in [-0.15, -0.1) is 0 Å². The van der Waals surface area contributed by atoms with Crippen LogP contribution in [0.4, 0.5) is 0 Å². The largest absolute Gasteiger partial charge is 0.457 e. The third-order valence-electron chi connectivity index (χ3n) is 3.51. The summed E-state index contributed by atoms with van der Waals surface area (Å²) in [6.45, 7) is 0. The maximum atomic E-state index is 11.7. The third kappa shape index (κ3) is 4.20. The van der Waals surface area contributed by atoms with Gasteiger partial charge in [-0.25, -0.2) is 0 Å². The molecule has 0 saturated heterocycles. The van der Waals surface area contributed by atoms with E-state index in [1.54, 1.807) is 0 Å². The number of ether oxygens (including phenoxy) is 1. The zero-order chi connectivity index (χ0) is 16.9. The third-order valence-corrected chi connectivity index (χ3v) is 4.77. The standard InChI is InChI=1S/C19H17NO3S/c20-19(21)13-24(22)12-14-5-8-17(9-6-14)23-18-10-7-15-3-1-2-4-16(15)11-18/h1-11H,12-13H2,(H2,20,21). The summed E-state index contributed by atoms with van der Waals surface area (Å²) in [6, 6.07) is 21.4. The predicted molar refractivity (Wildman–Crippen MR) is 96.4 cm³/mol. The lowest BCUT2D eigenvalue weighted by Crippen LogP contribution is -2.20. The van der Waals surface area contributed by atoms with Crippen LogP contribution in [0, 0.1) is 0 Å². The van der Waals surface area contributed by atoms with Gasteiger partial charge in [0.15, 0.2) is 0 Å². The highest BCUT2D eigenvalue weighted by molar-refractivity contribution is 7.84. The molecule has 3 rings (SSSR count). The average Bonchev–Trinajstić information content (AvgIpc) is 2.56. The Kier molecular flexibility index (Phi) is 4.91. The molecule has 5 heteroatoms. The fourth-order valence-electron chi connectivity index (χ4n) is 2.42. The van der Waals surface area contributed by atoms with Crippen LogP contribution in [0.15, 0.2) is 66.7 Å². The molecule has 0 aromatic heterocycles. The smallest absolute Gasteiger partial charge is 0.230 e. The van der Waals surface area contributed by atoms with Gasteiger partial charge in [0.2, 0.25) is 5.91 Å². The Morgan fingerprint density at radius 2 is 1.58 bits per heavy atom. The molecular weight excluding hydrogens is 322 g/mol. The van der Waals surface area contributed by atoms with Gasteiger partial charge in [0.25, 0.3) is 0 Å². The first-order valence-corrected chi connectivity index (χ1v) is 8.98. The highest BCUT2D eigenvalue weighted by Crippen LogP contribution is 2.26. The zero-order valence-electron chi connectivity index (χ0n) is 13.0. The Hall–Kier alpha value is -2.66. The molecule has 122 valence electrons. The van der Waals surface area contributed by atoms with E-state index < -0.39 is 16.7 Å². The van der Waals surface area contributed by atoms with E-state index in [2.05, 4.69) is 6.07 Å². The summed E-state index contributed by atoms with van der Waals surface area (Å²) < 4.78 is 17.6. The molecule has 0 aliphatic carbocycles. The van der Waals surface area contributed by atoms with Crippen molar-refractivity contribution in [2.75, 3.05) is 5.75 Å². The van der Waals surface area contributed by atoms with E-state index in [-0.39, 0.29) is 5.75 Å². The molecule has 24 heavy (non-hydrogen) atoms. The Labute approximate surface area is 142 Å². The number of rotatable bonds is 6. The van der Waals surface area contributed by atoms with Gasteiger partial charge in [0.1, 0.15) is 17.3 Å². The van der Waals surface area contributed by atoms with E-state index in [4.69, 9.17) is 10.5 Å². The second-order valence-electron chi connectivity index (χ2n) is 5.45. The minimum Gasteiger partial charge on any atom is -0.457 e. The second-order valence-corrected chi connectivity index (χ2v) is 6.91. The van der Waals surface area contributed by atoms with Gasteiger partial charge in [0.05, 0.1) is 0 Å². The van der Waals surface area contributed by atoms with Crippen molar-refractivity contribution in [1.29, 1.82) is 0 Å². The number of benzene rings is 3. The maximum Gasteiger partial charge on any atom is 0.230 e. The SMILES string of the molecule is NC(=O)CS(=O)Cc1ccc(Oc2ccc3ccccc3c2)cc1. The first kappa shape index (κ1) is 16.2. The highest BCUT2D eigenvalue weighted by atomic mass is 32.2. The molecule has 0 bridgehead atoms. The number of primary amides is 1. The summed E-state index contributed by atoms with van der Waals surface area (Å²) in [7, 11) is -1.28. The number of carbonyl (C=O) groups excluding carboxylic acids is 1. The van der Waals surface area contributed by atoms with Crippen molar-refractivity contribution in [3.63, 3.8) is 0 Å². The fraction of sp³-hybridized carbons (Fsp3) is 0.105. The van der Waals surface area contributed by atoms with Gasteiger partial charge in [-0.05, 0) is 40.6 Å². The molecule has 1 amide bonds. The van der Waals surface area contributed by atoms with Crippen LogP contribution in [-0.4, -0.2) is 15.9 Å². The van der Waals surface area contributed by atoms with Gasteiger partial charge in [0, 0.05) is 16.6 Å². The summed E-state index contributed by atoms with van der Waals surface area (Å²) in [6.07, 6.45) is 0. The van der Waals surface area contributed by atoms with E-state index in [1.165, 1.54) is 0 Å². The topological polar surface area (TPSA) is 69.4 Å². The summed E-state index contributed by atoms with van der Waals surface area (Å²) in [5.41, 5.74) is 5.92. The molecule has 3 aromatic carbocycles. The van der Waals surface area contributed by atoms with E-state index in [1.807, 2.05) is 60.7 Å². The van der Waals surface area contributed by atoms with Gasteiger partial charge < -0.3 is 10.5 Å². The Morgan fingerprint density at radius 3 is 2.29 bits per heavy atom. The zero-order valence-corrected chi connectivity index (χ0v) is 13.8. The molecule has 4 nitrogen and oxygen atoms in total. The quantitative estimate of drug-likeness (QED) is 0.748. The summed E-state index contributed by atoms with van der Waals surface area (Å²) in [4.78, 5) is 10.8. The van der Waals surface area contributed by atoms with Crippen molar-refractivity contribution in [3.05, 3.63) is 72.3 Å². The van der Waals surface area contributed by atoms with E-state index in [9.17, 15) is 9.00 Å². The predicted octanol–water partition coefficient (Wildman–Crippen LogP) is 3.37. The lowest BCUT2D eigenvalue weighted by molar-refractivity contribution is -0.115. The van der Waals surface area contributed by atoms with E-state index in [0.29, 0.717) is 11.5 Å². The number of hydrogen-bond acceptors (Lipinski definition) is 3. The van der Waals surface area contributed by atoms with Crippen molar-refractivity contribution in [2.24, 2.45) is 5.73 Å². The summed E-state index contributed by atoms with van der Waals surface area (Å²) in [5.74, 6) is 1.10. The lowest BCUT2D eigenvalue weighted by Gasteiger charge is -2.08. The van der Waals surface area contributed by atoms with Gasteiger partial charge >= 0.3 is 0 Å². The Balaban J connectivity index is 1.68.